The topological polar surface area (TPSA) is 29.1 Å². The predicted molar refractivity (Wildman–Crippen MR) is 49.8 cm³/mol. The van der Waals surface area contributed by atoms with Crippen molar-refractivity contribution in [3.8, 4) is 0 Å². The molecule has 0 fully saturated rings. The summed E-state index contributed by atoms with van der Waals surface area (Å²) in [5, 5.41) is 3.02. The van der Waals surface area contributed by atoms with Crippen LogP contribution >= 0.6 is 0 Å². The van der Waals surface area contributed by atoms with Crippen LogP contribution in [-0.4, -0.2) is 11.9 Å². The van der Waals surface area contributed by atoms with E-state index in [4.69, 9.17) is 0 Å². The molecular formula is C10H17NO. The van der Waals surface area contributed by atoms with Crippen LogP contribution in [0.3, 0.4) is 0 Å². The molecule has 0 aromatic rings. The van der Waals surface area contributed by atoms with Gasteiger partial charge in [0.05, 0.1) is 0 Å². The minimum absolute atomic E-state index is 0.149. The highest BCUT2D eigenvalue weighted by Gasteiger charge is 2.23. The average Bonchev–Trinajstić information content (AvgIpc) is 2.37. The maximum absolute atomic E-state index is 11.5. The summed E-state index contributed by atoms with van der Waals surface area (Å²) in [5.74, 6) is 0.149. The lowest BCUT2D eigenvalue weighted by atomic mass is 9.95. The standard InChI is InChI=1S/C10H17NO/c1-10(2,3)9(12)11-8-6-4-5-7-8/h4-5,8H,6-7H2,1-3H3,(H,11,12). The highest BCUT2D eigenvalue weighted by atomic mass is 16.2. The lowest BCUT2D eigenvalue weighted by molar-refractivity contribution is -0.129. The van der Waals surface area contributed by atoms with Crippen LogP contribution in [0.25, 0.3) is 0 Å². The van der Waals surface area contributed by atoms with Crippen LogP contribution in [0.2, 0.25) is 0 Å². The fourth-order valence-corrected chi connectivity index (χ4v) is 1.14. The Labute approximate surface area is 74.0 Å². The Bertz CT molecular complexity index is 192. The summed E-state index contributed by atoms with van der Waals surface area (Å²) >= 11 is 0. The van der Waals surface area contributed by atoms with Crippen molar-refractivity contribution in [3.63, 3.8) is 0 Å². The van der Waals surface area contributed by atoms with E-state index in [-0.39, 0.29) is 11.3 Å². The van der Waals surface area contributed by atoms with Crippen molar-refractivity contribution >= 4 is 5.91 Å². The maximum Gasteiger partial charge on any atom is 0.225 e. The van der Waals surface area contributed by atoms with Gasteiger partial charge in [0.2, 0.25) is 5.91 Å². The first-order valence-electron chi connectivity index (χ1n) is 4.46. The van der Waals surface area contributed by atoms with Crippen molar-refractivity contribution in [1.29, 1.82) is 0 Å². The molecule has 0 aliphatic heterocycles. The molecule has 12 heavy (non-hydrogen) atoms. The summed E-state index contributed by atoms with van der Waals surface area (Å²) in [6, 6.07) is 0.344. The second-order valence-electron chi connectivity index (χ2n) is 4.36. The predicted octanol–water partition coefficient (Wildman–Crippen LogP) is 1.87. The largest absolute Gasteiger partial charge is 0.352 e. The number of nitrogens with one attached hydrogen (secondary N) is 1. The molecule has 0 heterocycles. The molecule has 0 radical (unpaired) electrons. The summed E-state index contributed by atoms with van der Waals surface area (Å²) in [5.41, 5.74) is -0.261. The third-order valence-electron chi connectivity index (χ3n) is 2.02. The van der Waals surface area contributed by atoms with E-state index in [0.717, 1.165) is 12.8 Å². The van der Waals surface area contributed by atoms with Gasteiger partial charge in [-0.2, -0.15) is 0 Å². The molecule has 1 aliphatic rings. The Kier molecular flexibility index (Phi) is 2.55. The van der Waals surface area contributed by atoms with E-state index >= 15 is 0 Å². The first-order valence-corrected chi connectivity index (χ1v) is 4.46. The first kappa shape index (κ1) is 9.30. The average molecular weight is 167 g/mol. The van der Waals surface area contributed by atoms with Gasteiger partial charge >= 0.3 is 0 Å². The van der Waals surface area contributed by atoms with Gasteiger partial charge in [0.1, 0.15) is 0 Å². The zero-order valence-corrected chi connectivity index (χ0v) is 8.05. The van der Waals surface area contributed by atoms with E-state index in [2.05, 4.69) is 17.5 Å². The molecule has 0 spiro atoms. The summed E-state index contributed by atoms with van der Waals surface area (Å²) in [6.07, 6.45) is 6.21. The molecule has 0 aromatic carbocycles. The smallest absolute Gasteiger partial charge is 0.225 e. The number of hydrogen-bond donors (Lipinski definition) is 1. The minimum atomic E-state index is -0.261. The molecule has 1 rings (SSSR count). The Balaban J connectivity index is 2.36. The zero-order chi connectivity index (χ0) is 9.19. The van der Waals surface area contributed by atoms with Crippen molar-refractivity contribution in [3.05, 3.63) is 12.2 Å². The van der Waals surface area contributed by atoms with Crippen LogP contribution in [0.4, 0.5) is 0 Å². The number of hydrogen-bond acceptors (Lipinski definition) is 1. The van der Waals surface area contributed by atoms with E-state index in [0.29, 0.717) is 6.04 Å². The number of amides is 1. The minimum Gasteiger partial charge on any atom is -0.352 e. The summed E-state index contributed by atoms with van der Waals surface area (Å²) in [7, 11) is 0. The second kappa shape index (κ2) is 3.30. The zero-order valence-electron chi connectivity index (χ0n) is 8.05. The normalized spacial score (nSPS) is 18.2. The van der Waals surface area contributed by atoms with Crippen LogP contribution in [0.1, 0.15) is 33.6 Å². The molecule has 0 unspecified atom stereocenters. The van der Waals surface area contributed by atoms with Gasteiger partial charge in [0, 0.05) is 11.5 Å². The van der Waals surface area contributed by atoms with Crippen LogP contribution in [-0.2, 0) is 4.79 Å². The van der Waals surface area contributed by atoms with Gasteiger partial charge in [-0.15, -0.1) is 0 Å². The van der Waals surface area contributed by atoms with Gasteiger partial charge in [-0.25, -0.2) is 0 Å². The molecule has 0 atom stereocenters. The fraction of sp³-hybridized carbons (Fsp3) is 0.700. The van der Waals surface area contributed by atoms with Gasteiger partial charge in [-0.1, -0.05) is 32.9 Å². The molecule has 1 aliphatic carbocycles. The van der Waals surface area contributed by atoms with Crippen molar-refractivity contribution < 1.29 is 4.79 Å². The highest BCUT2D eigenvalue weighted by molar-refractivity contribution is 5.81. The summed E-state index contributed by atoms with van der Waals surface area (Å²) < 4.78 is 0. The molecule has 2 nitrogen and oxygen atoms in total. The van der Waals surface area contributed by atoms with Gasteiger partial charge in [-0.3, -0.25) is 4.79 Å². The van der Waals surface area contributed by atoms with Crippen molar-refractivity contribution in [2.45, 2.75) is 39.7 Å². The van der Waals surface area contributed by atoms with Gasteiger partial charge in [0.15, 0.2) is 0 Å². The lowest BCUT2D eigenvalue weighted by Crippen LogP contribution is -2.40. The molecule has 0 aromatic heterocycles. The quantitative estimate of drug-likeness (QED) is 0.593. The van der Waals surface area contributed by atoms with Crippen molar-refractivity contribution in [1.82, 2.24) is 5.32 Å². The molecule has 68 valence electrons. The van der Waals surface area contributed by atoms with E-state index < -0.39 is 0 Å². The molecule has 2 heteroatoms. The third-order valence-corrected chi connectivity index (χ3v) is 2.02. The fourth-order valence-electron chi connectivity index (χ4n) is 1.14. The van der Waals surface area contributed by atoms with Crippen LogP contribution in [0.15, 0.2) is 12.2 Å². The molecule has 0 saturated carbocycles. The van der Waals surface area contributed by atoms with Crippen molar-refractivity contribution in [2.75, 3.05) is 0 Å². The Morgan fingerprint density at radius 1 is 1.33 bits per heavy atom. The molecular weight excluding hydrogens is 150 g/mol. The molecule has 0 saturated heterocycles. The van der Waals surface area contributed by atoms with E-state index in [1.165, 1.54) is 0 Å². The Morgan fingerprint density at radius 2 is 1.83 bits per heavy atom. The van der Waals surface area contributed by atoms with Crippen molar-refractivity contribution in [2.24, 2.45) is 5.41 Å². The summed E-state index contributed by atoms with van der Waals surface area (Å²) in [4.78, 5) is 11.5. The van der Waals surface area contributed by atoms with Gasteiger partial charge in [-0.05, 0) is 12.8 Å². The SMILES string of the molecule is CC(C)(C)C(=O)NC1CC=CC1. The maximum atomic E-state index is 11.5. The lowest BCUT2D eigenvalue weighted by Gasteiger charge is -2.21. The van der Waals surface area contributed by atoms with E-state index in [1.54, 1.807) is 0 Å². The van der Waals surface area contributed by atoms with Gasteiger partial charge in [0.25, 0.3) is 0 Å². The summed E-state index contributed by atoms with van der Waals surface area (Å²) in [6.45, 7) is 5.81. The molecule has 1 amide bonds. The van der Waals surface area contributed by atoms with E-state index in [9.17, 15) is 4.79 Å². The van der Waals surface area contributed by atoms with Crippen LogP contribution < -0.4 is 5.32 Å². The van der Waals surface area contributed by atoms with E-state index in [1.807, 2.05) is 20.8 Å². The monoisotopic (exact) mass is 167 g/mol. The van der Waals surface area contributed by atoms with Crippen LogP contribution in [0, 0.1) is 5.41 Å². The number of carbonyl (C=O) groups excluding carboxylic acids is 1. The Morgan fingerprint density at radius 3 is 2.25 bits per heavy atom. The second-order valence-corrected chi connectivity index (χ2v) is 4.36. The first-order chi connectivity index (χ1) is 5.50. The third kappa shape index (κ3) is 2.36. The molecule has 1 N–H and O–H groups in total. The highest BCUT2D eigenvalue weighted by Crippen LogP contribution is 2.16. The molecule has 0 bridgehead atoms. The number of rotatable bonds is 1. The number of carbonyl (C=O) groups is 1. The van der Waals surface area contributed by atoms with Gasteiger partial charge < -0.3 is 5.32 Å². The Hall–Kier alpha value is -0.790. The van der Waals surface area contributed by atoms with Crippen LogP contribution in [0.5, 0.6) is 0 Å².